The van der Waals surface area contributed by atoms with Gasteiger partial charge in [0, 0.05) is 10.7 Å². The molecule has 0 bridgehead atoms. The highest BCUT2D eigenvalue weighted by Crippen LogP contribution is 2.32. The summed E-state index contributed by atoms with van der Waals surface area (Å²) in [6, 6.07) is 0.952. The summed E-state index contributed by atoms with van der Waals surface area (Å²) in [6.45, 7) is 0. The summed E-state index contributed by atoms with van der Waals surface area (Å²) < 4.78 is 36.7. The normalized spacial score (nSPS) is 14.2. The molecule has 0 spiro atoms. The molecule has 1 aromatic rings. The fraction of sp³-hybridized carbons (Fsp3) is 0.286. The van der Waals surface area contributed by atoms with E-state index in [1.54, 1.807) is 0 Å². The van der Waals surface area contributed by atoms with Crippen molar-refractivity contribution < 1.29 is 13.2 Å². The SMILES string of the molecule is NC(c1ncccc1Br)C(F)(F)F. The number of aromatic nitrogens is 1. The standard InChI is InChI=1S/C7H6BrF3N2/c8-4-2-1-3-13-5(4)6(12)7(9,10)11/h1-3,6H,12H2. The Balaban J connectivity index is 3.02. The number of nitrogens with zero attached hydrogens (tertiary/aromatic N) is 1. The van der Waals surface area contributed by atoms with E-state index in [-0.39, 0.29) is 10.2 Å². The van der Waals surface area contributed by atoms with Crippen molar-refractivity contribution in [2.75, 3.05) is 0 Å². The van der Waals surface area contributed by atoms with Crippen LogP contribution in [0.3, 0.4) is 0 Å². The molecule has 0 aliphatic carbocycles. The number of hydrogen-bond acceptors (Lipinski definition) is 2. The summed E-state index contributed by atoms with van der Waals surface area (Å²) in [7, 11) is 0. The van der Waals surface area contributed by atoms with E-state index in [1.807, 2.05) is 0 Å². The Kier molecular flexibility index (Phi) is 2.92. The number of rotatable bonds is 1. The van der Waals surface area contributed by atoms with Crippen molar-refractivity contribution in [3.8, 4) is 0 Å². The molecule has 2 N–H and O–H groups in total. The highest BCUT2D eigenvalue weighted by atomic mass is 79.9. The molecular formula is C7H6BrF3N2. The van der Waals surface area contributed by atoms with Crippen LogP contribution in [-0.2, 0) is 0 Å². The van der Waals surface area contributed by atoms with Gasteiger partial charge in [0.2, 0.25) is 0 Å². The second-order valence-electron chi connectivity index (χ2n) is 2.39. The van der Waals surface area contributed by atoms with Crippen LogP contribution in [0.25, 0.3) is 0 Å². The van der Waals surface area contributed by atoms with E-state index in [4.69, 9.17) is 5.73 Å². The molecule has 0 aliphatic heterocycles. The van der Waals surface area contributed by atoms with Crippen LogP contribution in [-0.4, -0.2) is 11.2 Å². The molecule has 1 rings (SSSR count). The number of hydrogen-bond donors (Lipinski definition) is 1. The van der Waals surface area contributed by atoms with Crippen molar-refractivity contribution in [3.05, 3.63) is 28.5 Å². The molecule has 2 nitrogen and oxygen atoms in total. The molecule has 1 atom stereocenters. The molecule has 6 heteroatoms. The van der Waals surface area contributed by atoms with Crippen molar-refractivity contribution in [1.29, 1.82) is 0 Å². The van der Waals surface area contributed by atoms with Crippen molar-refractivity contribution in [1.82, 2.24) is 4.98 Å². The molecule has 13 heavy (non-hydrogen) atoms. The largest absolute Gasteiger partial charge is 0.409 e. The summed E-state index contributed by atoms with van der Waals surface area (Å²) in [5.41, 5.74) is 4.76. The predicted octanol–water partition coefficient (Wildman–Crippen LogP) is 2.41. The highest BCUT2D eigenvalue weighted by Gasteiger charge is 2.39. The molecule has 72 valence electrons. The molecule has 1 unspecified atom stereocenters. The first-order valence-electron chi connectivity index (χ1n) is 3.35. The highest BCUT2D eigenvalue weighted by molar-refractivity contribution is 9.10. The lowest BCUT2D eigenvalue weighted by atomic mass is 10.2. The Morgan fingerprint density at radius 1 is 1.46 bits per heavy atom. The minimum atomic E-state index is -4.46. The number of nitrogens with two attached hydrogens (primary N) is 1. The fourth-order valence-corrected chi connectivity index (χ4v) is 1.28. The topological polar surface area (TPSA) is 38.9 Å². The van der Waals surface area contributed by atoms with E-state index in [1.165, 1.54) is 18.3 Å². The Bertz CT molecular complexity index is 300. The summed E-state index contributed by atoms with van der Waals surface area (Å²) in [5.74, 6) is 0. The predicted molar refractivity (Wildman–Crippen MR) is 44.9 cm³/mol. The van der Waals surface area contributed by atoms with E-state index >= 15 is 0 Å². The minimum Gasteiger partial charge on any atom is -0.315 e. The maximum Gasteiger partial charge on any atom is 0.409 e. The van der Waals surface area contributed by atoms with Gasteiger partial charge in [-0.3, -0.25) is 4.98 Å². The summed E-state index contributed by atoms with van der Waals surface area (Å²) in [6.07, 6.45) is -3.19. The van der Waals surface area contributed by atoms with E-state index in [9.17, 15) is 13.2 Å². The molecule has 0 saturated heterocycles. The first kappa shape index (κ1) is 10.5. The number of pyridine rings is 1. The van der Waals surface area contributed by atoms with Gasteiger partial charge in [0.1, 0.15) is 6.04 Å². The molecular weight excluding hydrogens is 249 g/mol. The van der Waals surface area contributed by atoms with Gasteiger partial charge < -0.3 is 5.73 Å². The van der Waals surface area contributed by atoms with Crippen molar-refractivity contribution in [2.45, 2.75) is 12.2 Å². The Morgan fingerprint density at radius 3 is 2.54 bits per heavy atom. The Morgan fingerprint density at radius 2 is 2.08 bits per heavy atom. The lowest BCUT2D eigenvalue weighted by molar-refractivity contribution is -0.150. The van der Waals surface area contributed by atoms with Gasteiger partial charge in [-0.1, -0.05) is 0 Å². The van der Waals surface area contributed by atoms with Crippen LogP contribution < -0.4 is 5.73 Å². The zero-order chi connectivity index (χ0) is 10.1. The van der Waals surface area contributed by atoms with Gasteiger partial charge in [0.15, 0.2) is 0 Å². The van der Waals surface area contributed by atoms with Gasteiger partial charge in [0.05, 0.1) is 5.69 Å². The average Bonchev–Trinajstić information content (AvgIpc) is 2.02. The maximum atomic E-state index is 12.1. The van der Waals surface area contributed by atoms with E-state index in [0.29, 0.717) is 0 Å². The molecule has 1 heterocycles. The van der Waals surface area contributed by atoms with Crippen molar-refractivity contribution in [2.24, 2.45) is 5.73 Å². The third-order valence-corrected chi connectivity index (χ3v) is 2.10. The van der Waals surface area contributed by atoms with Crippen LogP contribution in [0.1, 0.15) is 11.7 Å². The summed E-state index contributed by atoms with van der Waals surface area (Å²) in [4.78, 5) is 3.55. The van der Waals surface area contributed by atoms with Crippen LogP contribution in [0.4, 0.5) is 13.2 Å². The number of halogens is 4. The molecule has 0 aliphatic rings. The van der Waals surface area contributed by atoms with Gasteiger partial charge in [-0.05, 0) is 28.1 Å². The monoisotopic (exact) mass is 254 g/mol. The third-order valence-electron chi connectivity index (χ3n) is 1.43. The van der Waals surface area contributed by atoms with Crippen LogP contribution >= 0.6 is 15.9 Å². The molecule has 0 saturated carbocycles. The van der Waals surface area contributed by atoms with Gasteiger partial charge in [0.25, 0.3) is 0 Å². The Hall–Kier alpha value is -0.620. The van der Waals surface area contributed by atoms with Gasteiger partial charge >= 0.3 is 6.18 Å². The quantitative estimate of drug-likeness (QED) is 0.836. The second-order valence-corrected chi connectivity index (χ2v) is 3.24. The van der Waals surface area contributed by atoms with E-state index in [0.717, 1.165) is 0 Å². The van der Waals surface area contributed by atoms with Crippen molar-refractivity contribution in [3.63, 3.8) is 0 Å². The van der Waals surface area contributed by atoms with Crippen molar-refractivity contribution >= 4 is 15.9 Å². The molecule has 0 fully saturated rings. The second kappa shape index (κ2) is 3.63. The van der Waals surface area contributed by atoms with Crippen LogP contribution in [0.15, 0.2) is 22.8 Å². The number of alkyl halides is 3. The van der Waals surface area contributed by atoms with Crippen LogP contribution in [0, 0.1) is 0 Å². The smallest absolute Gasteiger partial charge is 0.315 e. The molecule has 0 amide bonds. The lowest BCUT2D eigenvalue weighted by Gasteiger charge is -2.15. The molecule has 0 radical (unpaired) electrons. The maximum absolute atomic E-state index is 12.1. The third kappa shape index (κ3) is 2.41. The molecule has 1 aromatic heterocycles. The van der Waals surface area contributed by atoms with Crippen LogP contribution in [0.5, 0.6) is 0 Å². The lowest BCUT2D eigenvalue weighted by Crippen LogP contribution is -2.29. The summed E-state index contributed by atoms with van der Waals surface area (Å²) in [5, 5.41) is 0. The van der Waals surface area contributed by atoms with Crippen LogP contribution in [0.2, 0.25) is 0 Å². The average molecular weight is 255 g/mol. The summed E-state index contributed by atoms with van der Waals surface area (Å²) >= 11 is 2.95. The molecule has 0 aromatic carbocycles. The fourth-order valence-electron chi connectivity index (χ4n) is 0.782. The zero-order valence-electron chi connectivity index (χ0n) is 6.35. The zero-order valence-corrected chi connectivity index (χ0v) is 7.93. The van der Waals surface area contributed by atoms with E-state index < -0.39 is 12.2 Å². The minimum absolute atomic E-state index is 0.199. The first-order valence-corrected chi connectivity index (χ1v) is 4.15. The first-order chi connectivity index (χ1) is 5.93. The van der Waals surface area contributed by atoms with Gasteiger partial charge in [-0.2, -0.15) is 13.2 Å². The van der Waals surface area contributed by atoms with E-state index in [2.05, 4.69) is 20.9 Å². The van der Waals surface area contributed by atoms with Gasteiger partial charge in [-0.25, -0.2) is 0 Å². The van der Waals surface area contributed by atoms with Gasteiger partial charge in [-0.15, -0.1) is 0 Å². The Labute approximate surface area is 81.1 Å².